The lowest BCUT2D eigenvalue weighted by molar-refractivity contribution is -0.134. The second kappa shape index (κ2) is 11.1. The molecule has 7 heteroatoms. The van der Waals surface area contributed by atoms with Crippen LogP contribution in [0.25, 0.3) is 0 Å². The van der Waals surface area contributed by atoms with E-state index in [1.165, 1.54) is 12.0 Å². The Bertz CT molecular complexity index is 743. The second-order valence-electron chi connectivity index (χ2n) is 6.66. The topological polar surface area (TPSA) is 109 Å². The number of nitrogens with zero attached hydrogens (tertiary/aromatic N) is 2. The highest BCUT2D eigenvalue weighted by molar-refractivity contribution is 5.89. The first-order valence-corrected chi connectivity index (χ1v) is 9.25. The van der Waals surface area contributed by atoms with Gasteiger partial charge in [0.25, 0.3) is 0 Å². The fraction of sp³-hybridized carbons (Fsp3) is 0.333. The van der Waals surface area contributed by atoms with E-state index in [1.54, 1.807) is 0 Å². The van der Waals surface area contributed by atoms with Crippen LogP contribution in [0.3, 0.4) is 0 Å². The SMILES string of the molecule is NC1CC(n2cccc2)CCN1CCc1ccccc1.O=C(O)/C=C\C(=O)O. The highest BCUT2D eigenvalue weighted by Crippen LogP contribution is 2.25. The predicted molar refractivity (Wildman–Crippen MR) is 107 cm³/mol. The maximum absolute atomic E-state index is 9.55. The minimum absolute atomic E-state index is 0.180. The van der Waals surface area contributed by atoms with Gasteiger partial charge in [-0.2, -0.15) is 0 Å². The Morgan fingerprint density at radius 3 is 2.18 bits per heavy atom. The molecule has 2 atom stereocenters. The lowest BCUT2D eigenvalue weighted by Crippen LogP contribution is -2.48. The molecule has 0 aliphatic carbocycles. The molecular formula is C21H27N3O4. The molecule has 7 nitrogen and oxygen atoms in total. The summed E-state index contributed by atoms with van der Waals surface area (Å²) in [5.74, 6) is -2.51. The number of carbonyl (C=O) groups is 2. The van der Waals surface area contributed by atoms with Crippen LogP contribution in [0, 0.1) is 0 Å². The summed E-state index contributed by atoms with van der Waals surface area (Å²) in [6.45, 7) is 2.15. The third kappa shape index (κ3) is 7.38. The van der Waals surface area contributed by atoms with E-state index in [9.17, 15) is 9.59 Å². The van der Waals surface area contributed by atoms with Gasteiger partial charge in [0, 0.05) is 43.7 Å². The molecule has 1 aliphatic rings. The van der Waals surface area contributed by atoms with E-state index >= 15 is 0 Å². The van der Waals surface area contributed by atoms with Gasteiger partial charge in [0.15, 0.2) is 0 Å². The molecule has 4 N–H and O–H groups in total. The molecule has 150 valence electrons. The maximum Gasteiger partial charge on any atom is 0.328 e. The molecule has 28 heavy (non-hydrogen) atoms. The van der Waals surface area contributed by atoms with Crippen LogP contribution in [0.4, 0.5) is 0 Å². The van der Waals surface area contributed by atoms with Crippen LogP contribution < -0.4 is 5.73 Å². The molecule has 0 amide bonds. The molecule has 0 spiro atoms. The van der Waals surface area contributed by atoms with Crippen molar-refractivity contribution in [3.8, 4) is 0 Å². The molecule has 0 saturated carbocycles. The summed E-state index contributed by atoms with van der Waals surface area (Å²) in [4.78, 5) is 21.5. The van der Waals surface area contributed by atoms with Gasteiger partial charge in [0.05, 0.1) is 6.17 Å². The van der Waals surface area contributed by atoms with Crippen molar-refractivity contribution in [1.82, 2.24) is 9.47 Å². The molecule has 0 radical (unpaired) electrons. The van der Waals surface area contributed by atoms with Crippen LogP contribution in [0.15, 0.2) is 67.0 Å². The first-order valence-electron chi connectivity index (χ1n) is 9.25. The quantitative estimate of drug-likeness (QED) is 0.659. The zero-order chi connectivity index (χ0) is 20.4. The molecule has 1 saturated heterocycles. The lowest BCUT2D eigenvalue weighted by Gasteiger charge is -2.38. The zero-order valence-electron chi connectivity index (χ0n) is 15.7. The Morgan fingerprint density at radius 2 is 1.64 bits per heavy atom. The van der Waals surface area contributed by atoms with Gasteiger partial charge in [-0.05, 0) is 37.0 Å². The van der Waals surface area contributed by atoms with E-state index in [4.69, 9.17) is 15.9 Å². The summed E-state index contributed by atoms with van der Waals surface area (Å²) in [6.07, 6.45) is 8.92. The van der Waals surface area contributed by atoms with Gasteiger partial charge in [-0.15, -0.1) is 0 Å². The number of piperidine rings is 1. The van der Waals surface area contributed by atoms with Gasteiger partial charge < -0.3 is 20.5 Å². The lowest BCUT2D eigenvalue weighted by atomic mass is 10.0. The molecule has 1 aromatic carbocycles. The first-order chi connectivity index (χ1) is 13.5. The highest BCUT2D eigenvalue weighted by atomic mass is 16.4. The molecule has 1 aromatic heterocycles. The van der Waals surface area contributed by atoms with Gasteiger partial charge >= 0.3 is 11.9 Å². The standard InChI is InChI=1S/C17H23N3.C4H4O4/c18-17-14-16(19-10-4-5-11-19)9-13-20(17)12-8-15-6-2-1-3-7-15;5-3(6)1-2-4(7)8/h1-7,10-11,16-17H,8-9,12-14,18H2;1-2H,(H,5,6)(H,7,8)/b;2-1-. The number of rotatable bonds is 6. The van der Waals surface area contributed by atoms with Crippen molar-refractivity contribution in [2.24, 2.45) is 5.73 Å². The summed E-state index contributed by atoms with van der Waals surface area (Å²) in [7, 11) is 0. The summed E-state index contributed by atoms with van der Waals surface area (Å²) in [5, 5.41) is 15.6. The third-order valence-corrected chi connectivity index (χ3v) is 4.68. The summed E-state index contributed by atoms with van der Waals surface area (Å²) in [5.41, 5.74) is 7.75. The van der Waals surface area contributed by atoms with Gasteiger partial charge in [0.2, 0.25) is 0 Å². The summed E-state index contributed by atoms with van der Waals surface area (Å²) in [6, 6.07) is 15.4. The van der Waals surface area contributed by atoms with E-state index in [0.29, 0.717) is 18.2 Å². The molecule has 0 bridgehead atoms. The smallest absolute Gasteiger partial charge is 0.328 e. The first kappa shape index (κ1) is 21.4. The number of carboxylic acid groups (broad SMARTS) is 2. The van der Waals surface area contributed by atoms with E-state index < -0.39 is 11.9 Å². The number of likely N-dealkylation sites (tertiary alicyclic amines) is 1. The van der Waals surface area contributed by atoms with Crippen LogP contribution in [0.1, 0.15) is 24.4 Å². The Kier molecular flexibility index (Phi) is 8.45. The Labute approximate surface area is 164 Å². The molecule has 2 unspecified atom stereocenters. The maximum atomic E-state index is 9.55. The van der Waals surface area contributed by atoms with Crippen molar-refractivity contribution < 1.29 is 19.8 Å². The van der Waals surface area contributed by atoms with Gasteiger partial charge in [-0.1, -0.05) is 30.3 Å². The number of hydrogen-bond donors (Lipinski definition) is 3. The van der Waals surface area contributed by atoms with Gasteiger partial charge in [-0.25, -0.2) is 9.59 Å². The van der Waals surface area contributed by atoms with Crippen LogP contribution in [-0.4, -0.2) is 50.9 Å². The van der Waals surface area contributed by atoms with Crippen molar-refractivity contribution in [1.29, 1.82) is 0 Å². The van der Waals surface area contributed by atoms with Crippen LogP contribution in [0.5, 0.6) is 0 Å². The molecule has 3 rings (SSSR count). The van der Waals surface area contributed by atoms with Crippen LogP contribution in [0.2, 0.25) is 0 Å². The minimum atomic E-state index is -1.26. The van der Waals surface area contributed by atoms with Crippen molar-refractivity contribution in [3.05, 3.63) is 72.6 Å². The van der Waals surface area contributed by atoms with Gasteiger partial charge in [-0.3, -0.25) is 4.90 Å². The summed E-state index contributed by atoms with van der Waals surface area (Å²) >= 11 is 0. The number of aliphatic carboxylic acids is 2. The summed E-state index contributed by atoms with van der Waals surface area (Å²) < 4.78 is 2.30. The van der Waals surface area contributed by atoms with Gasteiger partial charge in [0.1, 0.15) is 0 Å². The number of aromatic nitrogens is 1. The highest BCUT2D eigenvalue weighted by Gasteiger charge is 2.25. The Morgan fingerprint density at radius 1 is 1.04 bits per heavy atom. The van der Waals surface area contributed by atoms with Crippen LogP contribution in [-0.2, 0) is 16.0 Å². The number of carboxylic acids is 2. The number of hydrogen-bond acceptors (Lipinski definition) is 4. The largest absolute Gasteiger partial charge is 0.478 e. The van der Waals surface area contributed by atoms with E-state index in [-0.39, 0.29) is 6.17 Å². The van der Waals surface area contributed by atoms with Crippen molar-refractivity contribution in [2.75, 3.05) is 13.1 Å². The van der Waals surface area contributed by atoms with E-state index in [2.05, 4.69) is 64.3 Å². The average Bonchev–Trinajstić information content (AvgIpc) is 3.21. The Hall–Kier alpha value is -2.90. The van der Waals surface area contributed by atoms with E-state index in [0.717, 1.165) is 25.9 Å². The average molecular weight is 385 g/mol. The van der Waals surface area contributed by atoms with E-state index in [1.807, 2.05) is 0 Å². The fourth-order valence-corrected chi connectivity index (χ4v) is 3.23. The molecule has 1 fully saturated rings. The van der Waals surface area contributed by atoms with Crippen molar-refractivity contribution >= 4 is 11.9 Å². The third-order valence-electron chi connectivity index (χ3n) is 4.68. The normalized spacial score (nSPS) is 19.8. The molecule has 2 heterocycles. The number of benzene rings is 1. The van der Waals surface area contributed by atoms with Crippen LogP contribution >= 0.6 is 0 Å². The van der Waals surface area contributed by atoms with Crippen molar-refractivity contribution in [2.45, 2.75) is 31.5 Å². The number of nitrogens with two attached hydrogens (primary N) is 1. The minimum Gasteiger partial charge on any atom is -0.478 e. The predicted octanol–water partition coefficient (Wildman–Crippen LogP) is 2.36. The van der Waals surface area contributed by atoms with Crippen molar-refractivity contribution in [3.63, 3.8) is 0 Å². The zero-order valence-corrected chi connectivity index (χ0v) is 15.7. The molecule has 2 aromatic rings. The fourth-order valence-electron chi connectivity index (χ4n) is 3.23. The monoisotopic (exact) mass is 385 g/mol. The second-order valence-corrected chi connectivity index (χ2v) is 6.66. The molecular weight excluding hydrogens is 358 g/mol. The molecule has 1 aliphatic heterocycles. The Balaban J connectivity index is 0.000000300.